The van der Waals surface area contributed by atoms with Crippen LogP contribution in [0.1, 0.15) is 11.5 Å². The van der Waals surface area contributed by atoms with Gasteiger partial charge in [0.05, 0.1) is 12.4 Å². The lowest BCUT2D eigenvalue weighted by Crippen LogP contribution is -2.00. The third-order valence-electron chi connectivity index (χ3n) is 3.46. The molecule has 6 heteroatoms. The molecule has 0 spiro atoms. The first kappa shape index (κ1) is 17.9. The number of benzene rings is 2. The highest BCUT2D eigenvalue weighted by molar-refractivity contribution is 7.98. The Balaban J connectivity index is 1.45. The molecule has 3 rings (SSSR count). The Kier molecular flexibility index (Phi) is 6.61. The van der Waals surface area contributed by atoms with E-state index < -0.39 is 0 Å². The van der Waals surface area contributed by atoms with Gasteiger partial charge in [-0.1, -0.05) is 36.4 Å². The fraction of sp³-hybridized carbons (Fsp3) is 0.150. The molecule has 0 fully saturated rings. The Hall–Kier alpha value is -2.86. The van der Waals surface area contributed by atoms with Crippen LogP contribution in [0.25, 0.3) is 17.5 Å². The summed E-state index contributed by atoms with van der Waals surface area (Å²) in [5.41, 5.74) is 1.79. The topological polar surface area (TPSA) is 65.2 Å². The predicted molar refractivity (Wildman–Crippen MR) is 103 cm³/mol. The minimum Gasteiger partial charge on any atom is -0.493 e. The Morgan fingerprint density at radius 1 is 1.04 bits per heavy atom. The van der Waals surface area contributed by atoms with E-state index in [2.05, 4.69) is 10.2 Å². The summed E-state index contributed by atoms with van der Waals surface area (Å²) in [7, 11) is 0. The summed E-state index contributed by atoms with van der Waals surface area (Å²) < 4.78 is 11.3. The maximum absolute atomic E-state index is 10.3. The van der Waals surface area contributed by atoms with Crippen LogP contribution >= 0.6 is 11.8 Å². The maximum Gasteiger partial charge on any atom is 0.247 e. The number of hydrogen-bond acceptors (Lipinski definition) is 6. The zero-order valence-electron chi connectivity index (χ0n) is 14.1. The third-order valence-corrected chi connectivity index (χ3v) is 4.36. The van der Waals surface area contributed by atoms with E-state index in [0.717, 1.165) is 28.9 Å². The van der Waals surface area contributed by atoms with Crippen LogP contribution in [0.4, 0.5) is 0 Å². The third kappa shape index (κ3) is 5.32. The zero-order chi connectivity index (χ0) is 18.0. The van der Waals surface area contributed by atoms with Gasteiger partial charge in [-0.15, -0.1) is 22.0 Å². The Morgan fingerprint density at radius 2 is 1.85 bits per heavy atom. The minimum absolute atomic E-state index is 0.493. The number of hydrogen-bond donors (Lipinski definition) is 0. The first-order chi connectivity index (χ1) is 12.8. The molecule has 0 saturated heterocycles. The minimum atomic E-state index is 0.493. The van der Waals surface area contributed by atoms with Crippen molar-refractivity contribution < 1.29 is 13.9 Å². The average molecular weight is 366 g/mol. The molecule has 2 aromatic carbocycles. The lowest BCUT2D eigenvalue weighted by molar-refractivity contribution is -0.104. The molecule has 26 heavy (non-hydrogen) atoms. The molecule has 1 heterocycles. The summed E-state index contributed by atoms with van der Waals surface area (Å²) >= 11 is 1.68. The number of para-hydroxylation sites is 1. The summed E-state index contributed by atoms with van der Waals surface area (Å²) in [4.78, 5) is 10.3. The van der Waals surface area contributed by atoms with Crippen LogP contribution in [-0.2, 0) is 10.5 Å². The molecule has 0 bridgehead atoms. The molecule has 0 unspecified atom stereocenters. The Morgan fingerprint density at radius 3 is 2.62 bits per heavy atom. The van der Waals surface area contributed by atoms with E-state index in [1.165, 1.54) is 6.08 Å². The van der Waals surface area contributed by atoms with Gasteiger partial charge in [-0.25, -0.2) is 0 Å². The molecule has 3 aromatic rings. The standard InChI is InChI=1S/C20H18N2O3S/c23-12-4-5-16-8-10-17(11-9-16)20-22-21-19(25-20)15-26-14-13-24-18-6-2-1-3-7-18/h1-12H,13-15H2/b5-4+. The van der Waals surface area contributed by atoms with Crippen molar-refractivity contribution in [2.75, 3.05) is 12.4 Å². The highest BCUT2D eigenvalue weighted by Gasteiger charge is 2.08. The first-order valence-electron chi connectivity index (χ1n) is 8.15. The van der Waals surface area contributed by atoms with Gasteiger partial charge in [-0.05, 0) is 35.9 Å². The van der Waals surface area contributed by atoms with E-state index in [4.69, 9.17) is 9.15 Å². The number of aldehydes is 1. The second-order valence-electron chi connectivity index (χ2n) is 5.33. The van der Waals surface area contributed by atoms with Crippen molar-refractivity contribution in [2.24, 2.45) is 0 Å². The van der Waals surface area contributed by atoms with E-state index in [1.54, 1.807) is 17.8 Å². The molecule has 0 aliphatic rings. The van der Waals surface area contributed by atoms with Crippen LogP contribution in [0.2, 0.25) is 0 Å². The Labute approximate surface area is 156 Å². The molecule has 0 aliphatic carbocycles. The molecule has 0 saturated carbocycles. The number of aromatic nitrogens is 2. The number of carbonyl (C=O) groups is 1. The molecular formula is C20H18N2O3S. The van der Waals surface area contributed by atoms with Crippen LogP contribution in [0.3, 0.4) is 0 Å². The van der Waals surface area contributed by atoms with Crippen LogP contribution in [0.15, 0.2) is 65.1 Å². The number of rotatable bonds is 9. The average Bonchev–Trinajstić information content (AvgIpc) is 3.16. The SMILES string of the molecule is O=C/C=C/c1ccc(-c2nnc(CSCCOc3ccccc3)o2)cc1. The monoisotopic (exact) mass is 366 g/mol. The van der Waals surface area contributed by atoms with E-state index in [9.17, 15) is 4.79 Å². The van der Waals surface area contributed by atoms with Crippen molar-refractivity contribution >= 4 is 24.1 Å². The van der Waals surface area contributed by atoms with Gasteiger partial charge in [0.2, 0.25) is 11.8 Å². The smallest absolute Gasteiger partial charge is 0.247 e. The molecule has 0 amide bonds. The van der Waals surface area contributed by atoms with E-state index in [-0.39, 0.29) is 0 Å². The van der Waals surface area contributed by atoms with Gasteiger partial charge in [0.25, 0.3) is 0 Å². The van der Waals surface area contributed by atoms with E-state index in [0.29, 0.717) is 24.1 Å². The van der Waals surface area contributed by atoms with E-state index >= 15 is 0 Å². The number of allylic oxidation sites excluding steroid dienone is 1. The number of thioether (sulfide) groups is 1. The molecule has 5 nitrogen and oxygen atoms in total. The fourth-order valence-electron chi connectivity index (χ4n) is 2.21. The highest BCUT2D eigenvalue weighted by atomic mass is 32.2. The molecule has 0 aliphatic heterocycles. The summed E-state index contributed by atoms with van der Waals surface area (Å²) in [5, 5.41) is 8.17. The number of carbonyl (C=O) groups excluding carboxylic acids is 1. The lowest BCUT2D eigenvalue weighted by atomic mass is 10.1. The van der Waals surface area contributed by atoms with Crippen LogP contribution < -0.4 is 4.74 Å². The largest absolute Gasteiger partial charge is 0.493 e. The molecule has 0 atom stereocenters. The normalized spacial score (nSPS) is 10.9. The predicted octanol–water partition coefficient (Wildman–Crippen LogP) is 4.26. The number of nitrogens with zero attached hydrogens (tertiary/aromatic N) is 2. The van der Waals surface area contributed by atoms with Crippen molar-refractivity contribution in [3.05, 3.63) is 72.1 Å². The van der Waals surface area contributed by atoms with Gasteiger partial charge in [0, 0.05) is 11.3 Å². The van der Waals surface area contributed by atoms with Crippen molar-refractivity contribution in [2.45, 2.75) is 5.75 Å². The first-order valence-corrected chi connectivity index (χ1v) is 9.31. The molecular weight excluding hydrogens is 348 g/mol. The molecule has 0 N–H and O–H groups in total. The zero-order valence-corrected chi connectivity index (χ0v) is 14.9. The maximum atomic E-state index is 10.3. The van der Waals surface area contributed by atoms with Crippen molar-refractivity contribution in [1.82, 2.24) is 10.2 Å². The van der Waals surface area contributed by atoms with Gasteiger partial charge >= 0.3 is 0 Å². The molecule has 0 radical (unpaired) electrons. The second-order valence-corrected chi connectivity index (χ2v) is 6.44. The van der Waals surface area contributed by atoms with Gasteiger partial charge in [0.1, 0.15) is 12.0 Å². The van der Waals surface area contributed by atoms with Crippen LogP contribution in [-0.4, -0.2) is 28.8 Å². The number of ether oxygens (including phenoxy) is 1. The van der Waals surface area contributed by atoms with Gasteiger partial charge in [0.15, 0.2) is 0 Å². The van der Waals surface area contributed by atoms with Crippen molar-refractivity contribution in [3.8, 4) is 17.2 Å². The van der Waals surface area contributed by atoms with E-state index in [1.807, 2.05) is 54.6 Å². The molecule has 132 valence electrons. The summed E-state index contributed by atoms with van der Waals surface area (Å²) in [6.07, 6.45) is 3.95. The van der Waals surface area contributed by atoms with Crippen molar-refractivity contribution in [1.29, 1.82) is 0 Å². The second kappa shape index (κ2) is 9.58. The van der Waals surface area contributed by atoms with Crippen LogP contribution in [0, 0.1) is 0 Å². The summed E-state index contributed by atoms with van der Waals surface area (Å²) in [5.74, 6) is 3.44. The summed E-state index contributed by atoms with van der Waals surface area (Å²) in [6, 6.07) is 17.3. The molecule has 1 aromatic heterocycles. The van der Waals surface area contributed by atoms with Gasteiger partial charge in [-0.2, -0.15) is 0 Å². The Bertz CT molecular complexity index is 845. The quantitative estimate of drug-likeness (QED) is 0.320. The highest BCUT2D eigenvalue weighted by Crippen LogP contribution is 2.21. The van der Waals surface area contributed by atoms with Crippen LogP contribution in [0.5, 0.6) is 5.75 Å². The fourth-order valence-corrected chi connectivity index (χ4v) is 2.85. The lowest BCUT2D eigenvalue weighted by Gasteiger charge is -2.04. The van der Waals surface area contributed by atoms with Crippen molar-refractivity contribution in [3.63, 3.8) is 0 Å². The van der Waals surface area contributed by atoms with Gasteiger partial charge < -0.3 is 9.15 Å². The summed E-state index contributed by atoms with van der Waals surface area (Å²) in [6.45, 7) is 0.630. The van der Waals surface area contributed by atoms with Gasteiger partial charge in [-0.3, -0.25) is 4.79 Å².